The summed E-state index contributed by atoms with van der Waals surface area (Å²) >= 11 is 3.07. The van der Waals surface area contributed by atoms with Crippen molar-refractivity contribution < 1.29 is 27.2 Å². The Labute approximate surface area is 126 Å². The van der Waals surface area contributed by atoms with Gasteiger partial charge in [-0.2, -0.15) is 13.2 Å². The lowest BCUT2D eigenvalue weighted by Crippen LogP contribution is -2.36. The molecule has 0 bridgehead atoms. The first-order valence-corrected chi connectivity index (χ1v) is 6.55. The highest BCUT2D eigenvalue weighted by Gasteiger charge is 2.27. The van der Waals surface area contributed by atoms with E-state index < -0.39 is 30.4 Å². The molecule has 21 heavy (non-hydrogen) atoms. The highest BCUT2D eigenvalue weighted by atomic mass is 79.9. The monoisotopic (exact) mass is 370 g/mol. The second-order valence-electron chi connectivity index (χ2n) is 4.02. The van der Waals surface area contributed by atoms with Crippen LogP contribution in [0.5, 0.6) is 0 Å². The Morgan fingerprint density at radius 3 is 2.48 bits per heavy atom. The molecular weight excluding hydrogens is 360 g/mol. The van der Waals surface area contributed by atoms with E-state index in [1.165, 1.54) is 6.07 Å². The van der Waals surface area contributed by atoms with Gasteiger partial charge in [-0.25, -0.2) is 4.39 Å². The van der Waals surface area contributed by atoms with E-state index in [0.717, 1.165) is 12.1 Å². The molecule has 1 rings (SSSR count). The van der Waals surface area contributed by atoms with Gasteiger partial charge in [0.1, 0.15) is 12.4 Å². The number of amides is 2. The molecular formula is C12H11BrF4N2O2. The Hall–Kier alpha value is -1.64. The van der Waals surface area contributed by atoms with Gasteiger partial charge in [-0.15, -0.1) is 0 Å². The van der Waals surface area contributed by atoms with Crippen LogP contribution < -0.4 is 10.6 Å². The number of nitrogens with one attached hydrogen (secondary N) is 2. The average Bonchev–Trinajstić information content (AvgIpc) is 2.38. The van der Waals surface area contributed by atoms with Crippen molar-refractivity contribution in [1.82, 2.24) is 10.6 Å². The van der Waals surface area contributed by atoms with Crippen LogP contribution in [-0.2, 0) is 4.79 Å². The van der Waals surface area contributed by atoms with E-state index in [9.17, 15) is 27.2 Å². The highest BCUT2D eigenvalue weighted by molar-refractivity contribution is 9.10. The standard InChI is InChI=1S/C12H11BrF4N2O2/c13-9-2-1-7(14)5-8(9)11(21)18-4-3-10(20)19-6-12(15,16)17/h1-2,5H,3-4,6H2,(H,18,21)(H,19,20). The lowest BCUT2D eigenvalue weighted by Gasteiger charge is -2.09. The number of halogens is 5. The van der Waals surface area contributed by atoms with E-state index in [2.05, 4.69) is 21.2 Å². The second-order valence-corrected chi connectivity index (χ2v) is 4.88. The number of rotatable bonds is 5. The van der Waals surface area contributed by atoms with E-state index in [-0.39, 0.29) is 18.5 Å². The maximum Gasteiger partial charge on any atom is 0.405 e. The van der Waals surface area contributed by atoms with E-state index in [1.807, 2.05) is 0 Å². The van der Waals surface area contributed by atoms with E-state index in [0.29, 0.717) is 4.47 Å². The Morgan fingerprint density at radius 2 is 1.86 bits per heavy atom. The van der Waals surface area contributed by atoms with Crippen LogP contribution in [-0.4, -0.2) is 31.1 Å². The van der Waals surface area contributed by atoms with Crippen molar-refractivity contribution in [2.75, 3.05) is 13.1 Å². The predicted molar refractivity (Wildman–Crippen MR) is 70.1 cm³/mol. The van der Waals surface area contributed by atoms with Crippen molar-refractivity contribution in [1.29, 1.82) is 0 Å². The molecule has 9 heteroatoms. The zero-order valence-electron chi connectivity index (χ0n) is 10.6. The summed E-state index contributed by atoms with van der Waals surface area (Å²) in [6, 6.07) is 3.51. The first-order valence-electron chi connectivity index (χ1n) is 5.76. The van der Waals surface area contributed by atoms with E-state index in [1.54, 1.807) is 5.32 Å². The topological polar surface area (TPSA) is 58.2 Å². The molecule has 0 aliphatic carbocycles. The minimum atomic E-state index is -4.48. The third-order valence-corrected chi connectivity index (χ3v) is 2.99. The van der Waals surface area contributed by atoms with Gasteiger partial charge in [0.15, 0.2) is 0 Å². The van der Waals surface area contributed by atoms with Gasteiger partial charge in [0.2, 0.25) is 5.91 Å². The van der Waals surface area contributed by atoms with Crippen LogP contribution in [0.3, 0.4) is 0 Å². The number of carbonyl (C=O) groups is 2. The molecule has 2 amide bonds. The van der Waals surface area contributed by atoms with Crippen LogP contribution in [0.4, 0.5) is 17.6 Å². The van der Waals surface area contributed by atoms with Crippen LogP contribution in [0.1, 0.15) is 16.8 Å². The zero-order chi connectivity index (χ0) is 16.0. The summed E-state index contributed by atoms with van der Waals surface area (Å²) in [5, 5.41) is 3.99. The number of alkyl halides is 3. The summed E-state index contributed by atoms with van der Waals surface area (Å²) < 4.78 is 48.9. The largest absolute Gasteiger partial charge is 0.405 e. The quantitative estimate of drug-likeness (QED) is 0.781. The summed E-state index contributed by atoms with van der Waals surface area (Å²) in [7, 11) is 0. The number of hydrogen-bond acceptors (Lipinski definition) is 2. The molecule has 0 atom stereocenters. The molecule has 0 heterocycles. The summed E-state index contributed by atoms with van der Waals surface area (Å²) in [5.41, 5.74) is 0.0331. The minimum absolute atomic E-state index is 0.0331. The van der Waals surface area contributed by atoms with Crippen LogP contribution in [0.25, 0.3) is 0 Å². The fraction of sp³-hybridized carbons (Fsp3) is 0.333. The first-order chi connectivity index (χ1) is 9.69. The Bertz CT molecular complexity index is 534. The molecule has 0 aromatic heterocycles. The van der Waals surface area contributed by atoms with Gasteiger partial charge in [-0.05, 0) is 34.1 Å². The lowest BCUT2D eigenvalue weighted by molar-refractivity contribution is -0.138. The normalized spacial score (nSPS) is 11.1. The molecule has 0 radical (unpaired) electrons. The molecule has 0 saturated heterocycles. The molecule has 4 nitrogen and oxygen atoms in total. The third kappa shape index (κ3) is 6.56. The van der Waals surface area contributed by atoms with Gasteiger partial charge in [0.05, 0.1) is 5.56 Å². The molecule has 0 aliphatic rings. The smallest absolute Gasteiger partial charge is 0.351 e. The molecule has 1 aromatic carbocycles. The highest BCUT2D eigenvalue weighted by Crippen LogP contribution is 2.17. The van der Waals surface area contributed by atoms with Crippen LogP contribution in [0.2, 0.25) is 0 Å². The van der Waals surface area contributed by atoms with Gasteiger partial charge < -0.3 is 10.6 Å². The molecule has 0 spiro atoms. The SMILES string of the molecule is O=C(CCNC(=O)c1cc(F)ccc1Br)NCC(F)(F)F. The van der Waals surface area contributed by atoms with Crippen molar-refractivity contribution in [2.24, 2.45) is 0 Å². The maximum absolute atomic E-state index is 13.0. The van der Waals surface area contributed by atoms with Gasteiger partial charge in [0.25, 0.3) is 5.91 Å². The number of carbonyl (C=O) groups excluding carboxylic acids is 2. The Kier molecular flexibility index (Phi) is 6.13. The summed E-state index contributed by atoms with van der Waals surface area (Å²) in [4.78, 5) is 22.8. The second kappa shape index (κ2) is 7.39. The Morgan fingerprint density at radius 1 is 1.19 bits per heavy atom. The maximum atomic E-state index is 13.0. The van der Waals surface area contributed by atoms with Crippen LogP contribution >= 0.6 is 15.9 Å². The number of hydrogen-bond donors (Lipinski definition) is 2. The summed E-state index contributed by atoms with van der Waals surface area (Å²) in [6.07, 6.45) is -4.79. The molecule has 0 saturated carbocycles. The van der Waals surface area contributed by atoms with Gasteiger partial charge in [-0.3, -0.25) is 9.59 Å². The van der Waals surface area contributed by atoms with Gasteiger partial charge in [0, 0.05) is 17.4 Å². The predicted octanol–water partition coefficient (Wildman–Crippen LogP) is 2.39. The zero-order valence-corrected chi connectivity index (χ0v) is 12.1. The minimum Gasteiger partial charge on any atom is -0.351 e. The molecule has 0 unspecified atom stereocenters. The molecule has 0 fully saturated rings. The van der Waals surface area contributed by atoms with Crippen LogP contribution in [0.15, 0.2) is 22.7 Å². The van der Waals surface area contributed by atoms with E-state index in [4.69, 9.17) is 0 Å². The van der Waals surface area contributed by atoms with Crippen molar-refractivity contribution in [3.8, 4) is 0 Å². The molecule has 2 N–H and O–H groups in total. The van der Waals surface area contributed by atoms with Crippen molar-refractivity contribution in [2.45, 2.75) is 12.6 Å². The fourth-order valence-corrected chi connectivity index (χ4v) is 1.77. The molecule has 0 aliphatic heterocycles. The van der Waals surface area contributed by atoms with Crippen molar-refractivity contribution in [3.05, 3.63) is 34.1 Å². The number of benzene rings is 1. The van der Waals surface area contributed by atoms with Crippen molar-refractivity contribution >= 4 is 27.7 Å². The van der Waals surface area contributed by atoms with E-state index >= 15 is 0 Å². The first kappa shape index (κ1) is 17.4. The Balaban J connectivity index is 2.40. The summed E-state index contributed by atoms with van der Waals surface area (Å²) in [5.74, 6) is -2.08. The van der Waals surface area contributed by atoms with Gasteiger partial charge in [-0.1, -0.05) is 0 Å². The van der Waals surface area contributed by atoms with Gasteiger partial charge >= 0.3 is 6.18 Å². The molecule has 1 aromatic rings. The van der Waals surface area contributed by atoms with Crippen molar-refractivity contribution in [3.63, 3.8) is 0 Å². The molecule has 116 valence electrons. The fourth-order valence-electron chi connectivity index (χ4n) is 1.34. The lowest BCUT2D eigenvalue weighted by atomic mass is 10.2. The van der Waals surface area contributed by atoms with Crippen LogP contribution in [0, 0.1) is 5.82 Å². The third-order valence-electron chi connectivity index (χ3n) is 2.30. The average molecular weight is 371 g/mol. The summed E-state index contributed by atoms with van der Waals surface area (Å²) in [6.45, 7) is -1.58.